The molecule has 1 aliphatic rings. The van der Waals surface area contributed by atoms with Gasteiger partial charge in [-0.2, -0.15) is 0 Å². The van der Waals surface area contributed by atoms with Crippen LogP contribution in [0.15, 0.2) is 60.8 Å². The molecule has 0 radical (unpaired) electrons. The van der Waals surface area contributed by atoms with Gasteiger partial charge in [0.1, 0.15) is 11.9 Å². The number of nitrogens with one attached hydrogen (secondary N) is 2. The van der Waals surface area contributed by atoms with E-state index in [1.165, 1.54) is 12.1 Å². The number of ether oxygens (including phenoxy) is 2. The van der Waals surface area contributed by atoms with Crippen molar-refractivity contribution < 1.29 is 23.5 Å². The third-order valence-electron chi connectivity index (χ3n) is 6.22. The van der Waals surface area contributed by atoms with E-state index in [4.69, 9.17) is 9.47 Å². The number of amides is 3. The molecule has 2 aromatic carbocycles. The van der Waals surface area contributed by atoms with Gasteiger partial charge in [0, 0.05) is 12.7 Å². The highest BCUT2D eigenvalue weighted by molar-refractivity contribution is 5.87. The van der Waals surface area contributed by atoms with Crippen LogP contribution in [-0.2, 0) is 17.8 Å². The van der Waals surface area contributed by atoms with E-state index < -0.39 is 18.1 Å². The fourth-order valence-electron chi connectivity index (χ4n) is 4.34. The van der Waals surface area contributed by atoms with Crippen LogP contribution in [0.4, 0.5) is 9.18 Å². The Kier molecular flexibility index (Phi) is 7.68. The Morgan fingerprint density at radius 1 is 1.11 bits per heavy atom. The first-order valence-corrected chi connectivity index (χ1v) is 11.7. The van der Waals surface area contributed by atoms with E-state index in [9.17, 15) is 14.0 Å². The van der Waals surface area contributed by atoms with Gasteiger partial charge in [-0.1, -0.05) is 18.2 Å². The molecule has 8 nitrogen and oxygen atoms in total. The maximum absolute atomic E-state index is 13.7. The van der Waals surface area contributed by atoms with Crippen LogP contribution in [0.2, 0.25) is 0 Å². The molecule has 0 fully saturated rings. The van der Waals surface area contributed by atoms with Gasteiger partial charge in [0.05, 0.1) is 32.5 Å². The second-order valence-corrected chi connectivity index (χ2v) is 8.51. The lowest BCUT2D eigenvalue weighted by Gasteiger charge is -2.38. The topological polar surface area (TPSA) is 92.8 Å². The number of carbonyl (C=O) groups is 2. The lowest BCUT2D eigenvalue weighted by atomic mass is 9.88. The van der Waals surface area contributed by atoms with E-state index in [0.29, 0.717) is 24.5 Å². The zero-order chi connectivity index (χ0) is 25.7. The van der Waals surface area contributed by atoms with E-state index in [2.05, 4.69) is 15.6 Å². The molecule has 0 saturated carbocycles. The van der Waals surface area contributed by atoms with Crippen LogP contribution in [0.3, 0.4) is 0 Å². The number of carbonyl (C=O) groups excluding carboxylic acids is 2. The van der Waals surface area contributed by atoms with Crippen LogP contribution in [0.25, 0.3) is 0 Å². The molecule has 1 aromatic heterocycles. The summed E-state index contributed by atoms with van der Waals surface area (Å²) in [6.07, 6.45) is 2.24. The van der Waals surface area contributed by atoms with E-state index >= 15 is 0 Å². The Labute approximate surface area is 209 Å². The third kappa shape index (κ3) is 5.40. The lowest BCUT2D eigenvalue weighted by Crippen LogP contribution is -2.52. The Morgan fingerprint density at radius 3 is 2.50 bits per heavy atom. The Balaban J connectivity index is 1.57. The molecule has 0 bridgehead atoms. The molecular formula is C27H29FN4O4. The molecular weight excluding hydrogens is 463 g/mol. The third-order valence-corrected chi connectivity index (χ3v) is 6.22. The largest absolute Gasteiger partial charge is 0.493 e. The molecule has 0 saturated heterocycles. The standard InChI is InChI=1S/C27H29FN4O4/c1-17(26(33)30-16-21-6-4-5-12-29-21)31-27(34)32-13-11-19-14-23(35-2)24(36-3)15-22(19)25(32)18-7-9-20(28)10-8-18/h4-10,12,14-15,17,25H,11,13,16H2,1-3H3,(H,30,33)(H,31,34)/t17-,25-/m0/s1. The zero-order valence-electron chi connectivity index (χ0n) is 20.5. The van der Waals surface area contributed by atoms with E-state index in [1.54, 1.807) is 50.4 Å². The predicted molar refractivity (Wildman–Crippen MR) is 132 cm³/mol. The second-order valence-electron chi connectivity index (χ2n) is 8.51. The van der Waals surface area contributed by atoms with Crippen LogP contribution in [0.1, 0.15) is 35.3 Å². The predicted octanol–water partition coefficient (Wildman–Crippen LogP) is 3.60. The fraction of sp³-hybridized carbons (Fsp3) is 0.296. The van der Waals surface area contributed by atoms with Crippen molar-refractivity contribution in [3.8, 4) is 11.5 Å². The summed E-state index contributed by atoms with van der Waals surface area (Å²) >= 11 is 0. The first-order chi connectivity index (χ1) is 17.4. The average Bonchev–Trinajstić information content (AvgIpc) is 2.91. The van der Waals surface area contributed by atoms with Crippen molar-refractivity contribution in [2.45, 2.75) is 32.0 Å². The maximum atomic E-state index is 13.7. The summed E-state index contributed by atoms with van der Waals surface area (Å²) in [4.78, 5) is 31.9. The molecule has 36 heavy (non-hydrogen) atoms. The van der Waals surface area contributed by atoms with Crippen molar-refractivity contribution in [2.75, 3.05) is 20.8 Å². The minimum absolute atomic E-state index is 0.261. The minimum Gasteiger partial charge on any atom is -0.493 e. The molecule has 0 aliphatic carbocycles. The van der Waals surface area contributed by atoms with Gasteiger partial charge >= 0.3 is 6.03 Å². The lowest BCUT2D eigenvalue weighted by molar-refractivity contribution is -0.122. The Bertz CT molecular complexity index is 1220. The van der Waals surface area contributed by atoms with Crippen molar-refractivity contribution in [1.82, 2.24) is 20.5 Å². The Morgan fingerprint density at radius 2 is 1.83 bits per heavy atom. The molecule has 3 amide bonds. The van der Waals surface area contributed by atoms with Gasteiger partial charge in [0.25, 0.3) is 0 Å². The van der Waals surface area contributed by atoms with Gasteiger partial charge in [-0.3, -0.25) is 9.78 Å². The second kappa shape index (κ2) is 11.1. The number of urea groups is 1. The molecule has 0 spiro atoms. The fourth-order valence-corrected chi connectivity index (χ4v) is 4.34. The summed E-state index contributed by atoms with van der Waals surface area (Å²) in [5, 5.41) is 5.60. The van der Waals surface area contributed by atoms with Crippen molar-refractivity contribution >= 4 is 11.9 Å². The van der Waals surface area contributed by atoms with Gasteiger partial charge in [-0.25, -0.2) is 9.18 Å². The van der Waals surface area contributed by atoms with Gasteiger partial charge in [-0.05, 0) is 66.4 Å². The van der Waals surface area contributed by atoms with Crippen molar-refractivity contribution in [3.05, 3.63) is 89.0 Å². The van der Waals surface area contributed by atoms with Crippen molar-refractivity contribution in [2.24, 2.45) is 0 Å². The van der Waals surface area contributed by atoms with Crippen molar-refractivity contribution in [1.29, 1.82) is 0 Å². The SMILES string of the molecule is COc1cc2c(cc1OC)[C@H](c1ccc(F)cc1)N(C(=O)N[C@@H](C)C(=O)NCc1ccccn1)CC2. The zero-order valence-corrected chi connectivity index (χ0v) is 20.5. The molecule has 2 N–H and O–H groups in total. The summed E-state index contributed by atoms with van der Waals surface area (Å²) in [6, 6.07) is 13.6. The highest BCUT2D eigenvalue weighted by Gasteiger charge is 2.34. The summed E-state index contributed by atoms with van der Waals surface area (Å²) in [5.74, 6) is 0.450. The first-order valence-electron chi connectivity index (χ1n) is 11.7. The van der Waals surface area contributed by atoms with Crippen LogP contribution >= 0.6 is 0 Å². The number of hydrogen-bond acceptors (Lipinski definition) is 5. The summed E-state index contributed by atoms with van der Waals surface area (Å²) in [7, 11) is 3.13. The van der Waals surface area contributed by atoms with Crippen LogP contribution in [0.5, 0.6) is 11.5 Å². The van der Waals surface area contributed by atoms with Crippen molar-refractivity contribution in [3.63, 3.8) is 0 Å². The quantitative estimate of drug-likeness (QED) is 0.526. The molecule has 3 aromatic rings. The maximum Gasteiger partial charge on any atom is 0.318 e. The van der Waals surface area contributed by atoms with Gasteiger partial charge in [-0.15, -0.1) is 0 Å². The van der Waals surface area contributed by atoms with Crippen LogP contribution in [0, 0.1) is 5.82 Å². The van der Waals surface area contributed by atoms with Gasteiger partial charge in [0.2, 0.25) is 5.91 Å². The van der Waals surface area contributed by atoms with Crippen LogP contribution < -0.4 is 20.1 Å². The smallest absolute Gasteiger partial charge is 0.318 e. The molecule has 188 valence electrons. The number of benzene rings is 2. The number of rotatable bonds is 7. The number of nitrogens with zero attached hydrogens (tertiary/aromatic N) is 2. The minimum atomic E-state index is -0.776. The molecule has 2 atom stereocenters. The average molecular weight is 493 g/mol. The molecule has 0 unspecified atom stereocenters. The number of fused-ring (bicyclic) bond motifs is 1. The number of halogens is 1. The highest BCUT2D eigenvalue weighted by atomic mass is 19.1. The summed E-state index contributed by atoms with van der Waals surface area (Å²) < 4.78 is 24.7. The van der Waals surface area contributed by atoms with Gasteiger partial charge in [0.15, 0.2) is 11.5 Å². The number of hydrogen-bond donors (Lipinski definition) is 2. The Hall–Kier alpha value is -4.14. The highest BCUT2D eigenvalue weighted by Crippen LogP contribution is 2.41. The molecule has 1 aliphatic heterocycles. The molecule has 4 rings (SSSR count). The first kappa shape index (κ1) is 25.0. The molecule has 2 heterocycles. The van der Waals surface area contributed by atoms with E-state index in [-0.39, 0.29) is 18.3 Å². The number of aromatic nitrogens is 1. The summed E-state index contributed by atoms with van der Waals surface area (Å²) in [6.45, 7) is 2.29. The normalized spacial score (nSPS) is 15.4. The number of pyridine rings is 1. The number of methoxy groups -OCH3 is 2. The van der Waals surface area contributed by atoms with Gasteiger partial charge < -0.3 is 25.0 Å². The van der Waals surface area contributed by atoms with E-state index in [1.807, 2.05) is 24.3 Å². The molecule has 9 heteroatoms. The van der Waals surface area contributed by atoms with Crippen LogP contribution in [-0.4, -0.2) is 48.6 Å². The van der Waals surface area contributed by atoms with E-state index in [0.717, 1.165) is 22.4 Å². The summed E-state index contributed by atoms with van der Waals surface area (Å²) in [5.41, 5.74) is 3.32. The monoisotopic (exact) mass is 492 g/mol.